The Bertz CT molecular complexity index is 555. The van der Waals surface area contributed by atoms with Gasteiger partial charge in [-0.05, 0) is 18.6 Å². The number of pyridine rings is 2. The van der Waals surface area contributed by atoms with Crippen LogP contribution in [0.2, 0.25) is 0 Å². The number of nitrogens with zero attached hydrogens (tertiary/aromatic N) is 2. The quantitative estimate of drug-likeness (QED) is 0.740. The van der Waals surface area contributed by atoms with Crippen molar-refractivity contribution in [2.45, 2.75) is 13.8 Å². The van der Waals surface area contributed by atoms with Crippen molar-refractivity contribution in [2.75, 3.05) is 7.11 Å². The predicted molar refractivity (Wildman–Crippen MR) is 61.8 cm³/mol. The summed E-state index contributed by atoms with van der Waals surface area (Å²) in [4.78, 5) is 9.04. The molecule has 0 fully saturated rings. The lowest BCUT2D eigenvalue weighted by atomic mass is 10.0. The maximum absolute atomic E-state index is 14.2. The smallest absolute Gasteiger partial charge is 0.267 e. The molecule has 3 nitrogen and oxygen atoms in total. The van der Waals surface area contributed by atoms with E-state index >= 15 is 0 Å². The molecule has 2 heterocycles. The monoisotopic (exact) mass is 233 g/mol. The summed E-state index contributed by atoms with van der Waals surface area (Å²) in [7, 11) is 1.50. The molecular formula is C13H14FN2O+. The molecular weight excluding hydrogens is 219 g/mol. The molecule has 0 unspecified atom stereocenters. The van der Waals surface area contributed by atoms with Gasteiger partial charge in [0.15, 0.2) is 0 Å². The molecule has 0 atom stereocenters. The van der Waals surface area contributed by atoms with E-state index in [1.807, 2.05) is 13.0 Å². The molecule has 2 aromatic heterocycles. The molecule has 0 bridgehead atoms. The van der Waals surface area contributed by atoms with Crippen molar-refractivity contribution in [3.63, 3.8) is 0 Å². The van der Waals surface area contributed by atoms with E-state index in [0.29, 0.717) is 11.3 Å². The van der Waals surface area contributed by atoms with Crippen molar-refractivity contribution in [3.05, 3.63) is 47.8 Å². The van der Waals surface area contributed by atoms with Crippen molar-refractivity contribution in [1.29, 1.82) is 0 Å². The topological polar surface area (TPSA) is 26.0 Å². The highest BCUT2D eigenvalue weighted by Crippen LogP contribution is 2.25. The van der Waals surface area contributed by atoms with Crippen LogP contribution < -0.4 is 9.57 Å². The normalized spacial score (nSPS) is 10.4. The minimum absolute atomic E-state index is 0.287. The fraction of sp³-hybridized carbons (Fsp3) is 0.231. The summed E-state index contributed by atoms with van der Waals surface area (Å²) in [6.07, 6.45) is 5.06. The van der Waals surface area contributed by atoms with Crippen LogP contribution in [0.1, 0.15) is 11.3 Å². The van der Waals surface area contributed by atoms with E-state index in [4.69, 9.17) is 4.84 Å². The van der Waals surface area contributed by atoms with Crippen LogP contribution in [0.4, 0.5) is 4.39 Å². The third-order valence-electron chi connectivity index (χ3n) is 2.79. The third kappa shape index (κ3) is 1.98. The Morgan fingerprint density at radius 3 is 2.65 bits per heavy atom. The van der Waals surface area contributed by atoms with Gasteiger partial charge in [0.05, 0.1) is 0 Å². The van der Waals surface area contributed by atoms with E-state index in [1.54, 1.807) is 31.6 Å². The second kappa shape index (κ2) is 4.49. The summed E-state index contributed by atoms with van der Waals surface area (Å²) in [6.45, 7) is 3.61. The summed E-state index contributed by atoms with van der Waals surface area (Å²) < 4.78 is 15.6. The lowest BCUT2D eigenvalue weighted by Gasteiger charge is -2.06. The summed E-state index contributed by atoms with van der Waals surface area (Å²) >= 11 is 0. The molecule has 0 spiro atoms. The molecule has 0 aliphatic rings. The number of aryl methyl sites for hydroxylation is 1. The van der Waals surface area contributed by atoms with E-state index in [0.717, 1.165) is 11.1 Å². The van der Waals surface area contributed by atoms with Gasteiger partial charge in [-0.3, -0.25) is 9.82 Å². The first-order valence-corrected chi connectivity index (χ1v) is 5.31. The van der Waals surface area contributed by atoms with Crippen LogP contribution in [-0.4, -0.2) is 12.1 Å². The standard InChI is InChI=1S/C13H14FN2O/c1-9-4-6-15-8-12(9)11-5-7-16(17-3)10(2)13(11)14/h4-8H,1-3H3/q+1. The SMILES string of the molecule is CO[n+]1ccc(-c2cnccc2C)c(F)c1C. The largest absolute Gasteiger partial charge is 0.274 e. The van der Waals surface area contributed by atoms with E-state index in [-0.39, 0.29) is 5.82 Å². The summed E-state index contributed by atoms with van der Waals surface area (Å²) in [6, 6.07) is 3.55. The Kier molecular flexibility index (Phi) is 3.04. The van der Waals surface area contributed by atoms with Crippen LogP contribution in [0.3, 0.4) is 0 Å². The van der Waals surface area contributed by atoms with E-state index in [1.165, 1.54) is 11.8 Å². The number of rotatable bonds is 2. The molecule has 0 amide bonds. The number of halogens is 1. The molecule has 88 valence electrons. The zero-order chi connectivity index (χ0) is 12.4. The lowest BCUT2D eigenvalue weighted by molar-refractivity contribution is -0.890. The average molecular weight is 233 g/mol. The van der Waals surface area contributed by atoms with Crippen LogP contribution in [0, 0.1) is 19.7 Å². The molecule has 0 N–H and O–H groups in total. The van der Waals surface area contributed by atoms with E-state index < -0.39 is 0 Å². The van der Waals surface area contributed by atoms with Crippen molar-refractivity contribution >= 4 is 0 Å². The first kappa shape index (κ1) is 11.5. The molecule has 0 radical (unpaired) electrons. The Morgan fingerprint density at radius 2 is 2.00 bits per heavy atom. The molecule has 2 rings (SSSR count). The van der Waals surface area contributed by atoms with Crippen molar-refractivity contribution in [1.82, 2.24) is 4.98 Å². The molecule has 4 heteroatoms. The highest BCUT2D eigenvalue weighted by atomic mass is 19.1. The van der Waals surface area contributed by atoms with Crippen LogP contribution in [-0.2, 0) is 0 Å². The van der Waals surface area contributed by atoms with Gasteiger partial charge in [-0.1, -0.05) is 0 Å². The Morgan fingerprint density at radius 1 is 1.24 bits per heavy atom. The van der Waals surface area contributed by atoms with Gasteiger partial charge in [0.1, 0.15) is 7.11 Å². The predicted octanol–water partition coefficient (Wildman–Crippen LogP) is 1.85. The second-order valence-corrected chi connectivity index (χ2v) is 3.83. The first-order valence-electron chi connectivity index (χ1n) is 5.31. The fourth-order valence-corrected chi connectivity index (χ4v) is 1.77. The van der Waals surface area contributed by atoms with Gasteiger partial charge in [0, 0.05) is 41.2 Å². The molecule has 2 aromatic rings. The minimum Gasteiger partial charge on any atom is -0.274 e. The van der Waals surface area contributed by atoms with E-state index in [2.05, 4.69) is 4.98 Å². The van der Waals surface area contributed by atoms with Gasteiger partial charge in [-0.15, -0.1) is 0 Å². The van der Waals surface area contributed by atoms with Gasteiger partial charge < -0.3 is 0 Å². The van der Waals surface area contributed by atoms with Gasteiger partial charge in [-0.25, -0.2) is 0 Å². The zero-order valence-electron chi connectivity index (χ0n) is 10.1. The zero-order valence-corrected chi connectivity index (χ0v) is 10.1. The van der Waals surface area contributed by atoms with Crippen LogP contribution >= 0.6 is 0 Å². The van der Waals surface area contributed by atoms with Crippen molar-refractivity contribution in [2.24, 2.45) is 0 Å². The Labute approximate surface area is 99.5 Å². The summed E-state index contributed by atoms with van der Waals surface area (Å²) in [5, 5.41) is 0. The van der Waals surface area contributed by atoms with E-state index in [9.17, 15) is 4.39 Å². The molecule has 0 aliphatic heterocycles. The van der Waals surface area contributed by atoms with Crippen molar-refractivity contribution in [3.8, 4) is 11.1 Å². The minimum atomic E-state index is -0.287. The molecule has 0 aromatic carbocycles. The van der Waals surface area contributed by atoms with Crippen LogP contribution in [0.25, 0.3) is 11.1 Å². The van der Waals surface area contributed by atoms with Gasteiger partial charge >= 0.3 is 0 Å². The third-order valence-corrected chi connectivity index (χ3v) is 2.79. The molecule has 17 heavy (non-hydrogen) atoms. The van der Waals surface area contributed by atoms with Gasteiger partial charge in [0.2, 0.25) is 12.0 Å². The van der Waals surface area contributed by atoms with Crippen LogP contribution in [0.15, 0.2) is 30.7 Å². The molecule has 0 saturated heterocycles. The van der Waals surface area contributed by atoms with Crippen molar-refractivity contribution < 1.29 is 14.0 Å². The van der Waals surface area contributed by atoms with Gasteiger partial charge in [-0.2, -0.15) is 4.39 Å². The fourth-order valence-electron chi connectivity index (χ4n) is 1.77. The first-order chi connectivity index (χ1) is 8.15. The summed E-state index contributed by atoms with van der Waals surface area (Å²) in [5.41, 5.74) is 2.78. The van der Waals surface area contributed by atoms with Crippen LogP contribution in [0.5, 0.6) is 0 Å². The highest BCUT2D eigenvalue weighted by Gasteiger charge is 2.19. The lowest BCUT2D eigenvalue weighted by Crippen LogP contribution is -2.43. The second-order valence-electron chi connectivity index (χ2n) is 3.83. The van der Waals surface area contributed by atoms with Gasteiger partial charge in [0.25, 0.3) is 5.69 Å². The average Bonchev–Trinajstić information content (AvgIpc) is 2.34. The highest BCUT2D eigenvalue weighted by molar-refractivity contribution is 5.66. The number of aromatic nitrogens is 2. The maximum Gasteiger partial charge on any atom is 0.267 e. The molecule has 0 aliphatic carbocycles. The summed E-state index contributed by atoms with van der Waals surface area (Å²) in [5.74, 6) is -0.287. The maximum atomic E-state index is 14.2. The number of hydrogen-bond donors (Lipinski definition) is 0. The Hall–Kier alpha value is -1.97. The Balaban J connectivity index is 2.62. The number of hydrogen-bond acceptors (Lipinski definition) is 2. The molecule has 0 saturated carbocycles.